The Morgan fingerprint density at radius 2 is 1.57 bits per heavy atom. The molecule has 3 aromatic carbocycles. The summed E-state index contributed by atoms with van der Waals surface area (Å²) in [5, 5.41) is 4.99. The molecule has 7 nitrogen and oxygen atoms in total. The third-order valence-electron chi connectivity index (χ3n) is 7.05. The highest BCUT2D eigenvalue weighted by atomic mass is 16.7. The van der Waals surface area contributed by atoms with Crippen LogP contribution in [0.4, 0.5) is 0 Å². The molecule has 0 unspecified atom stereocenters. The van der Waals surface area contributed by atoms with Gasteiger partial charge in [-0.1, -0.05) is 18.6 Å². The van der Waals surface area contributed by atoms with E-state index in [1.54, 1.807) is 14.2 Å². The van der Waals surface area contributed by atoms with Gasteiger partial charge in [0.1, 0.15) is 0 Å². The molecule has 1 saturated heterocycles. The third kappa shape index (κ3) is 4.04. The minimum atomic E-state index is 0.238. The Balaban J connectivity index is 1.44. The smallest absolute Gasteiger partial charge is 0.231 e. The van der Waals surface area contributed by atoms with Gasteiger partial charge in [0.25, 0.3) is 0 Å². The van der Waals surface area contributed by atoms with Crippen LogP contribution in [-0.2, 0) is 0 Å². The van der Waals surface area contributed by atoms with Gasteiger partial charge in [0.05, 0.1) is 26.3 Å². The van der Waals surface area contributed by atoms with Gasteiger partial charge in [0.2, 0.25) is 12.7 Å². The van der Waals surface area contributed by atoms with Crippen molar-refractivity contribution < 1.29 is 23.7 Å². The van der Waals surface area contributed by atoms with E-state index < -0.39 is 0 Å². The molecule has 1 fully saturated rings. The fraction of sp³-hybridized carbons (Fsp3) is 0.393. The van der Waals surface area contributed by atoms with E-state index in [1.165, 1.54) is 32.4 Å². The van der Waals surface area contributed by atoms with Crippen molar-refractivity contribution in [1.82, 2.24) is 9.88 Å². The Morgan fingerprint density at radius 1 is 0.829 bits per heavy atom. The summed E-state index contributed by atoms with van der Waals surface area (Å²) in [7, 11) is 3.30. The Kier molecular flexibility index (Phi) is 5.86. The highest BCUT2D eigenvalue weighted by molar-refractivity contribution is 6.17. The van der Waals surface area contributed by atoms with Crippen LogP contribution in [0.15, 0.2) is 36.4 Å². The van der Waals surface area contributed by atoms with Gasteiger partial charge in [0.15, 0.2) is 23.0 Å². The van der Waals surface area contributed by atoms with Crippen molar-refractivity contribution >= 4 is 32.4 Å². The van der Waals surface area contributed by atoms with E-state index in [2.05, 4.69) is 17.0 Å². The van der Waals surface area contributed by atoms with Gasteiger partial charge in [-0.15, -0.1) is 0 Å². The lowest BCUT2D eigenvalue weighted by atomic mass is 10.0. The summed E-state index contributed by atoms with van der Waals surface area (Å²) in [5.41, 5.74) is 0.867. The molecule has 2 aliphatic heterocycles. The van der Waals surface area contributed by atoms with Crippen LogP contribution in [0, 0.1) is 0 Å². The van der Waals surface area contributed by atoms with Crippen LogP contribution >= 0.6 is 0 Å². The maximum atomic E-state index is 6.34. The Labute approximate surface area is 204 Å². The molecule has 3 heterocycles. The van der Waals surface area contributed by atoms with Gasteiger partial charge < -0.3 is 28.6 Å². The van der Waals surface area contributed by atoms with Crippen molar-refractivity contribution in [3.8, 4) is 28.9 Å². The summed E-state index contributed by atoms with van der Waals surface area (Å²) in [6, 6.07) is 12.2. The summed E-state index contributed by atoms with van der Waals surface area (Å²) in [6.45, 7) is 4.28. The molecule has 0 saturated carbocycles. The number of methoxy groups -OCH3 is 2. The lowest BCUT2D eigenvalue weighted by Gasteiger charge is -2.26. The number of hydrogen-bond acceptors (Lipinski definition) is 7. The number of benzene rings is 3. The number of likely N-dealkylation sites (tertiary alicyclic amines) is 1. The van der Waals surface area contributed by atoms with Crippen LogP contribution < -0.4 is 23.7 Å². The number of rotatable bonds is 7. The van der Waals surface area contributed by atoms with Crippen LogP contribution in [0.5, 0.6) is 28.9 Å². The van der Waals surface area contributed by atoms with Crippen molar-refractivity contribution in [3.63, 3.8) is 0 Å². The van der Waals surface area contributed by atoms with Gasteiger partial charge in [-0.05, 0) is 62.0 Å². The molecule has 7 heteroatoms. The first kappa shape index (κ1) is 22.0. The van der Waals surface area contributed by atoms with E-state index in [-0.39, 0.29) is 6.79 Å². The molecule has 1 aromatic heterocycles. The molecule has 4 aromatic rings. The zero-order valence-electron chi connectivity index (χ0n) is 20.3. The first-order valence-electron chi connectivity index (χ1n) is 12.3. The molecule has 0 bridgehead atoms. The number of fused-ring (bicyclic) bond motifs is 6. The highest BCUT2D eigenvalue weighted by Gasteiger charge is 2.20. The SMILES string of the molecule is COc1cc2c(OCCCN3CCCCC3)nc3c4cc5c(cc4ccc3c2cc1OC)OCO5. The van der Waals surface area contributed by atoms with Gasteiger partial charge in [-0.3, -0.25) is 0 Å². The van der Waals surface area contributed by atoms with Gasteiger partial charge >= 0.3 is 0 Å². The molecule has 0 radical (unpaired) electrons. The topological polar surface area (TPSA) is 62.3 Å². The fourth-order valence-electron chi connectivity index (χ4n) is 5.23. The highest BCUT2D eigenvalue weighted by Crippen LogP contribution is 2.43. The second-order valence-electron chi connectivity index (χ2n) is 9.16. The van der Waals surface area contributed by atoms with E-state index >= 15 is 0 Å². The maximum Gasteiger partial charge on any atom is 0.231 e. The first-order chi connectivity index (χ1) is 17.2. The molecule has 0 spiro atoms. The van der Waals surface area contributed by atoms with Gasteiger partial charge in [-0.2, -0.15) is 0 Å². The van der Waals surface area contributed by atoms with E-state index in [9.17, 15) is 0 Å². The quantitative estimate of drug-likeness (QED) is 0.257. The van der Waals surface area contributed by atoms with Crippen LogP contribution in [0.25, 0.3) is 32.4 Å². The predicted molar refractivity (Wildman–Crippen MR) is 136 cm³/mol. The summed E-state index contributed by atoms with van der Waals surface area (Å²) in [4.78, 5) is 7.57. The van der Waals surface area contributed by atoms with Crippen LogP contribution in [0.1, 0.15) is 25.7 Å². The Bertz CT molecular complexity index is 1400. The molecule has 0 atom stereocenters. The fourth-order valence-corrected chi connectivity index (χ4v) is 5.23. The lowest BCUT2D eigenvalue weighted by Crippen LogP contribution is -2.31. The number of nitrogens with zero attached hydrogens (tertiary/aromatic N) is 2. The molecule has 0 N–H and O–H groups in total. The van der Waals surface area contributed by atoms with Crippen molar-refractivity contribution in [1.29, 1.82) is 0 Å². The van der Waals surface area contributed by atoms with Crippen molar-refractivity contribution in [2.75, 3.05) is 47.3 Å². The number of aromatic nitrogens is 1. The van der Waals surface area contributed by atoms with Crippen molar-refractivity contribution in [3.05, 3.63) is 36.4 Å². The van der Waals surface area contributed by atoms with E-state index in [0.717, 1.165) is 56.9 Å². The molecule has 0 aliphatic carbocycles. The Morgan fingerprint density at radius 3 is 2.34 bits per heavy atom. The molecule has 35 heavy (non-hydrogen) atoms. The number of ether oxygens (including phenoxy) is 5. The summed E-state index contributed by atoms with van der Waals surface area (Å²) >= 11 is 0. The van der Waals surface area contributed by atoms with E-state index in [0.29, 0.717) is 24.0 Å². The molecule has 0 amide bonds. The number of pyridine rings is 1. The maximum absolute atomic E-state index is 6.34. The van der Waals surface area contributed by atoms with Crippen LogP contribution in [0.3, 0.4) is 0 Å². The summed E-state index contributed by atoms with van der Waals surface area (Å²) < 4.78 is 28.8. The van der Waals surface area contributed by atoms with Crippen LogP contribution in [-0.4, -0.2) is 57.1 Å². The molecular weight excluding hydrogens is 444 g/mol. The first-order valence-corrected chi connectivity index (χ1v) is 12.3. The Hall–Kier alpha value is -3.45. The second-order valence-corrected chi connectivity index (χ2v) is 9.16. The summed E-state index contributed by atoms with van der Waals surface area (Å²) in [5.74, 6) is 3.44. The van der Waals surface area contributed by atoms with E-state index in [4.69, 9.17) is 28.7 Å². The van der Waals surface area contributed by atoms with E-state index in [1.807, 2.05) is 24.3 Å². The molecule has 6 rings (SSSR count). The van der Waals surface area contributed by atoms with Crippen LogP contribution in [0.2, 0.25) is 0 Å². The predicted octanol–water partition coefficient (Wildman–Crippen LogP) is 5.54. The zero-order chi connectivity index (χ0) is 23.8. The molecular formula is C28H30N2O5. The molecule has 182 valence electrons. The minimum Gasteiger partial charge on any atom is -0.493 e. The average Bonchev–Trinajstić information content (AvgIpc) is 3.37. The molecule has 2 aliphatic rings. The summed E-state index contributed by atoms with van der Waals surface area (Å²) in [6.07, 6.45) is 4.90. The largest absolute Gasteiger partial charge is 0.493 e. The zero-order valence-corrected chi connectivity index (χ0v) is 20.3. The average molecular weight is 475 g/mol. The lowest BCUT2D eigenvalue weighted by molar-refractivity contribution is 0.174. The minimum absolute atomic E-state index is 0.238. The van der Waals surface area contributed by atoms with Gasteiger partial charge in [0, 0.05) is 28.1 Å². The second kappa shape index (κ2) is 9.30. The number of hydrogen-bond donors (Lipinski definition) is 0. The number of piperidine rings is 1. The monoisotopic (exact) mass is 474 g/mol. The van der Waals surface area contributed by atoms with Crippen molar-refractivity contribution in [2.45, 2.75) is 25.7 Å². The standard InChI is InChI=1S/C28H30N2O5/c1-31-23-15-21-19-8-7-18-13-25-26(35-17-34-25)14-20(18)27(19)29-28(22(21)16-24(23)32-2)33-12-6-11-30-9-4-3-5-10-30/h7-8,13-16H,3-6,9-12,17H2,1-2H3. The van der Waals surface area contributed by atoms with Crippen molar-refractivity contribution in [2.24, 2.45) is 0 Å². The normalized spacial score (nSPS) is 15.7. The third-order valence-corrected chi connectivity index (χ3v) is 7.05. The van der Waals surface area contributed by atoms with Gasteiger partial charge in [-0.25, -0.2) is 4.98 Å².